The van der Waals surface area contributed by atoms with Crippen LogP contribution in [0.3, 0.4) is 0 Å². The van der Waals surface area contributed by atoms with Crippen molar-refractivity contribution in [3.05, 3.63) is 0 Å². The smallest absolute Gasteiger partial charge is 0.0860 e. The Morgan fingerprint density at radius 1 is 1.05 bits per heavy atom. The van der Waals surface area contributed by atoms with Crippen LogP contribution in [0.2, 0.25) is 0 Å². The van der Waals surface area contributed by atoms with E-state index in [0.29, 0.717) is 0 Å². The molecule has 2 atom stereocenters. The van der Waals surface area contributed by atoms with E-state index in [9.17, 15) is 10.4 Å². The molecule has 1 N–H and O–H groups in total. The highest BCUT2D eigenvalue weighted by Crippen LogP contribution is 2.50. The molecule has 0 aliphatic heterocycles. The average Bonchev–Trinajstić information content (AvgIpc) is 2.63. The summed E-state index contributed by atoms with van der Waals surface area (Å²) in [6.45, 7) is 2.25. The first kappa shape index (κ1) is 14.9. The lowest BCUT2D eigenvalue weighted by atomic mass is 9.61. The van der Waals surface area contributed by atoms with E-state index in [0.717, 1.165) is 57.3 Å². The van der Waals surface area contributed by atoms with Crippen LogP contribution in [-0.2, 0) is 0 Å². The van der Waals surface area contributed by atoms with Gasteiger partial charge in [0.1, 0.15) is 0 Å². The van der Waals surface area contributed by atoms with Gasteiger partial charge < -0.3 is 5.11 Å². The quantitative estimate of drug-likeness (QED) is 0.758. The molecular formula is C17H29NO. The molecule has 19 heavy (non-hydrogen) atoms. The predicted octanol–water partition coefficient (Wildman–Crippen LogP) is 4.57. The second-order valence-corrected chi connectivity index (χ2v) is 6.87. The van der Waals surface area contributed by atoms with Gasteiger partial charge in [0, 0.05) is 0 Å². The molecule has 0 aromatic heterocycles. The fourth-order valence-electron chi connectivity index (χ4n) is 4.41. The van der Waals surface area contributed by atoms with Gasteiger partial charge in [0.25, 0.3) is 0 Å². The topological polar surface area (TPSA) is 44.0 Å². The summed E-state index contributed by atoms with van der Waals surface area (Å²) < 4.78 is 0. The van der Waals surface area contributed by atoms with Crippen molar-refractivity contribution >= 4 is 0 Å². The Hall–Kier alpha value is -0.550. The molecule has 2 aliphatic rings. The highest BCUT2D eigenvalue weighted by Gasteiger charge is 2.51. The number of nitrogens with zero attached hydrogens (tertiary/aromatic N) is 1. The highest BCUT2D eigenvalue weighted by atomic mass is 16.3. The van der Waals surface area contributed by atoms with E-state index < -0.39 is 11.0 Å². The van der Waals surface area contributed by atoms with Crippen LogP contribution in [0.15, 0.2) is 0 Å². The van der Waals surface area contributed by atoms with E-state index in [2.05, 4.69) is 13.0 Å². The SMILES string of the molecule is CCCC1CCCC(O)(C2(C#N)CCCCC2)CC1. The normalized spacial score (nSPS) is 35.3. The third-order valence-corrected chi connectivity index (χ3v) is 5.68. The van der Waals surface area contributed by atoms with Crippen LogP contribution in [0, 0.1) is 22.7 Å². The van der Waals surface area contributed by atoms with Gasteiger partial charge in [0.05, 0.1) is 17.1 Å². The van der Waals surface area contributed by atoms with Gasteiger partial charge in [0.2, 0.25) is 0 Å². The van der Waals surface area contributed by atoms with Gasteiger partial charge in [-0.25, -0.2) is 0 Å². The fourth-order valence-corrected chi connectivity index (χ4v) is 4.41. The maximum absolute atomic E-state index is 11.2. The van der Waals surface area contributed by atoms with Crippen LogP contribution in [0.4, 0.5) is 0 Å². The van der Waals surface area contributed by atoms with Gasteiger partial charge in [-0.2, -0.15) is 5.26 Å². The zero-order valence-electron chi connectivity index (χ0n) is 12.5. The molecule has 0 aromatic carbocycles. The molecule has 2 nitrogen and oxygen atoms in total. The Morgan fingerprint density at radius 3 is 2.42 bits per heavy atom. The van der Waals surface area contributed by atoms with Crippen LogP contribution in [-0.4, -0.2) is 10.7 Å². The monoisotopic (exact) mass is 263 g/mol. The van der Waals surface area contributed by atoms with E-state index in [-0.39, 0.29) is 0 Å². The standard InChI is InChI=1S/C17H29NO/c1-2-7-15-8-6-12-17(19,13-9-15)16(14-18)10-4-3-5-11-16/h15,19H,2-13H2,1H3. The number of aliphatic hydroxyl groups is 1. The van der Waals surface area contributed by atoms with Crippen molar-refractivity contribution in [3.63, 3.8) is 0 Å². The largest absolute Gasteiger partial charge is 0.388 e. The second-order valence-electron chi connectivity index (χ2n) is 6.87. The first-order valence-corrected chi connectivity index (χ1v) is 8.29. The van der Waals surface area contributed by atoms with E-state index in [4.69, 9.17) is 0 Å². The first-order chi connectivity index (χ1) is 9.16. The van der Waals surface area contributed by atoms with E-state index >= 15 is 0 Å². The third-order valence-electron chi connectivity index (χ3n) is 5.68. The van der Waals surface area contributed by atoms with Crippen molar-refractivity contribution in [1.29, 1.82) is 5.26 Å². The Balaban J connectivity index is 2.10. The van der Waals surface area contributed by atoms with Gasteiger partial charge in [-0.05, 0) is 38.0 Å². The molecule has 2 heteroatoms. The Labute approximate surface area is 118 Å². The van der Waals surface area contributed by atoms with Crippen LogP contribution in [0.25, 0.3) is 0 Å². The molecule has 2 saturated carbocycles. The number of rotatable bonds is 3. The summed E-state index contributed by atoms with van der Waals surface area (Å²) in [5.74, 6) is 0.776. The summed E-state index contributed by atoms with van der Waals surface area (Å²) in [5, 5.41) is 20.9. The molecule has 0 aromatic rings. The molecular weight excluding hydrogens is 234 g/mol. The molecule has 2 aliphatic carbocycles. The van der Waals surface area contributed by atoms with Crippen molar-refractivity contribution in [1.82, 2.24) is 0 Å². The van der Waals surface area contributed by atoms with Gasteiger partial charge in [-0.1, -0.05) is 51.9 Å². The molecule has 0 spiro atoms. The van der Waals surface area contributed by atoms with Crippen LogP contribution < -0.4 is 0 Å². The maximum Gasteiger partial charge on any atom is 0.0860 e. The van der Waals surface area contributed by atoms with Gasteiger partial charge >= 0.3 is 0 Å². The molecule has 0 bridgehead atoms. The zero-order valence-corrected chi connectivity index (χ0v) is 12.5. The van der Waals surface area contributed by atoms with Crippen molar-refractivity contribution in [2.45, 2.75) is 89.6 Å². The summed E-state index contributed by atoms with van der Waals surface area (Å²) in [6, 6.07) is 2.55. The summed E-state index contributed by atoms with van der Waals surface area (Å²) in [5.41, 5.74) is -1.14. The number of nitriles is 1. The van der Waals surface area contributed by atoms with E-state index in [1.54, 1.807) is 0 Å². The summed E-state index contributed by atoms with van der Waals surface area (Å²) >= 11 is 0. The maximum atomic E-state index is 11.2. The van der Waals surface area contributed by atoms with Gasteiger partial charge in [-0.3, -0.25) is 0 Å². The second kappa shape index (κ2) is 6.27. The Bertz CT molecular complexity index is 327. The van der Waals surface area contributed by atoms with Crippen molar-refractivity contribution in [2.24, 2.45) is 11.3 Å². The van der Waals surface area contributed by atoms with Gasteiger partial charge in [-0.15, -0.1) is 0 Å². The number of hydrogen-bond acceptors (Lipinski definition) is 2. The predicted molar refractivity (Wildman–Crippen MR) is 77.6 cm³/mol. The van der Waals surface area contributed by atoms with Crippen LogP contribution in [0.5, 0.6) is 0 Å². The fraction of sp³-hybridized carbons (Fsp3) is 0.941. The molecule has 2 fully saturated rings. The van der Waals surface area contributed by atoms with Crippen molar-refractivity contribution in [2.75, 3.05) is 0 Å². The lowest BCUT2D eigenvalue weighted by Gasteiger charge is -2.45. The lowest BCUT2D eigenvalue weighted by Crippen LogP contribution is -2.48. The zero-order chi connectivity index (χ0) is 13.8. The highest BCUT2D eigenvalue weighted by molar-refractivity contribution is 5.13. The molecule has 2 rings (SSSR count). The first-order valence-electron chi connectivity index (χ1n) is 8.29. The number of hydrogen-bond donors (Lipinski definition) is 1. The molecule has 0 heterocycles. The summed E-state index contributed by atoms with van der Waals surface area (Å²) in [4.78, 5) is 0. The minimum atomic E-state index is -0.704. The van der Waals surface area contributed by atoms with E-state index in [1.165, 1.54) is 25.7 Å². The van der Waals surface area contributed by atoms with Crippen molar-refractivity contribution < 1.29 is 5.11 Å². The summed E-state index contributed by atoms with van der Waals surface area (Å²) in [6.07, 6.45) is 13.0. The molecule has 0 radical (unpaired) electrons. The van der Waals surface area contributed by atoms with E-state index in [1.807, 2.05) is 0 Å². The van der Waals surface area contributed by atoms with Crippen LogP contribution in [0.1, 0.15) is 84.0 Å². The Morgan fingerprint density at radius 2 is 1.79 bits per heavy atom. The lowest BCUT2D eigenvalue weighted by molar-refractivity contribution is -0.0839. The molecule has 0 saturated heterocycles. The van der Waals surface area contributed by atoms with Crippen molar-refractivity contribution in [3.8, 4) is 6.07 Å². The molecule has 0 amide bonds. The average molecular weight is 263 g/mol. The minimum Gasteiger partial charge on any atom is -0.388 e. The minimum absolute atomic E-state index is 0.438. The third kappa shape index (κ3) is 2.97. The molecule has 2 unspecified atom stereocenters. The summed E-state index contributed by atoms with van der Waals surface area (Å²) in [7, 11) is 0. The Kier molecular flexibility index (Phi) is 4.90. The van der Waals surface area contributed by atoms with Crippen LogP contribution >= 0.6 is 0 Å². The molecule has 108 valence electrons. The van der Waals surface area contributed by atoms with Gasteiger partial charge in [0.15, 0.2) is 0 Å².